The normalized spacial score (nSPS) is 10.9. The number of fused-ring (bicyclic) bond motifs is 1. The summed E-state index contributed by atoms with van der Waals surface area (Å²) < 4.78 is 0. The smallest absolute Gasteiger partial charge is 0.225 e. The van der Waals surface area contributed by atoms with Crippen LogP contribution in [-0.2, 0) is 6.54 Å². The molecule has 0 aliphatic heterocycles. The summed E-state index contributed by atoms with van der Waals surface area (Å²) in [4.78, 5) is 15.7. The fourth-order valence-electron chi connectivity index (χ4n) is 1.93. The Morgan fingerprint density at radius 1 is 1.20 bits per heavy atom. The van der Waals surface area contributed by atoms with Crippen molar-refractivity contribution in [2.45, 2.75) is 20.4 Å². The van der Waals surface area contributed by atoms with Crippen molar-refractivity contribution in [1.29, 1.82) is 0 Å². The van der Waals surface area contributed by atoms with Crippen LogP contribution in [0.1, 0.15) is 15.6 Å². The molecular formula is C13H15N5S2. The van der Waals surface area contributed by atoms with E-state index in [1.165, 1.54) is 4.88 Å². The van der Waals surface area contributed by atoms with Crippen LogP contribution < -0.4 is 10.6 Å². The van der Waals surface area contributed by atoms with Crippen LogP contribution in [0.4, 0.5) is 11.8 Å². The molecule has 3 aromatic rings. The molecule has 2 N–H and O–H groups in total. The Labute approximate surface area is 125 Å². The van der Waals surface area contributed by atoms with Gasteiger partial charge in [0.05, 0.1) is 11.9 Å². The SMILES string of the molecule is CNc1nc(NCc2nc(C)cs2)c2cc(C)sc2n1. The number of thiophene rings is 1. The first-order valence-electron chi connectivity index (χ1n) is 6.26. The van der Waals surface area contributed by atoms with E-state index in [0.717, 1.165) is 26.7 Å². The Morgan fingerprint density at radius 2 is 2.05 bits per heavy atom. The van der Waals surface area contributed by atoms with Crippen molar-refractivity contribution in [2.24, 2.45) is 0 Å². The standard InChI is InChI=1S/C13H15N5S2/c1-7-6-19-10(16-7)5-15-11-9-4-8(2)20-12(9)18-13(14-3)17-11/h4,6H,5H2,1-3H3,(H2,14,15,17,18). The van der Waals surface area contributed by atoms with Gasteiger partial charge in [-0.25, -0.2) is 9.97 Å². The highest BCUT2D eigenvalue weighted by Gasteiger charge is 2.10. The van der Waals surface area contributed by atoms with E-state index in [4.69, 9.17) is 0 Å². The van der Waals surface area contributed by atoms with Gasteiger partial charge in [-0.05, 0) is 19.9 Å². The average Bonchev–Trinajstić information content (AvgIpc) is 3.00. The van der Waals surface area contributed by atoms with E-state index in [9.17, 15) is 0 Å². The van der Waals surface area contributed by atoms with Crippen molar-refractivity contribution in [3.8, 4) is 0 Å². The predicted octanol–water partition coefficient (Wildman–Crippen LogP) is 3.42. The fraction of sp³-hybridized carbons (Fsp3) is 0.308. The maximum absolute atomic E-state index is 4.50. The first-order valence-corrected chi connectivity index (χ1v) is 7.96. The zero-order valence-corrected chi connectivity index (χ0v) is 13.2. The Balaban J connectivity index is 1.92. The molecule has 0 saturated heterocycles. The molecule has 0 aromatic carbocycles. The Bertz CT molecular complexity index is 746. The third kappa shape index (κ3) is 2.59. The maximum Gasteiger partial charge on any atom is 0.225 e. The molecule has 0 aliphatic carbocycles. The van der Waals surface area contributed by atoms with Gasteiger partial charge in [0, 0.05) is 23.0 Å². The summed E-state index contributed by atoms with van der Waals surface area (Å²) in [5.74, 6) is 1.49. The highest BCUT2D eigenvalue weighted by Crippen LogP contribution is 2.29. The summed E-state index contributed by atoms with van der Waals surface area (Å²) in [5.41, 5.74) is 1.06. The van der Waals surface area contributed by atoms with Gasteiger partial charge in [-0.15, -0.1) is 22.7 Å². The topological polar surface area (TPSA) is 62.7 Å². The molecule has 0 spiro atoms. The molecule has 0 unspecified atom stereocenters. The van der Waals surface area contributed by atoms with Crippen LogP contribution in [0.15, 0.2) is 11.4 Å². The fourth-order valence-corrected chi connectivity index (χ4v) is 3.52. The summed E-state index contributed by atoms with van der Waals surface area (Å²) in [6.45, 7) is 4.77. The second-order valence-corrected chi connectivity index (χ2v) is 6.64. The van der Waals surface area contributed by atoms with Gasteiger partial charge in [-0.2, -0.15) is 4.98 Å². The largest absolute Gasteiger partial charge is 0.363 e. The molecule has 0 saturated carbocycles. The Kier molecular flexibility index (Phi) is 3.54. The van der Waals surface area contributed by atoms with E-state index in [0.29, 0.717) is 12.5 Å². The highest BCUT2D eigenvalue weighted by atomic mass is 32.1. The van der Waals surface area contributed by atoms with Crippen LogP contribution in [0.5, 0.6) is 0 Å². The molecule has 0 bridgehead atoms. The van der Waals surface area contributed by atoms with Crippen molar-refractivity contribution >= 4 is 44.7 Å². The lowest BCUT2D eigenvalue weighted by atomic mass is 10.3. The van der Waals surface area contributed by atoms with Crippen LogP contribution in [0.25, 0.3) is 10.2 Å². The molecule has 3 rings (SSSR count). The molecule has 5 nitrogen and oxygen atoms in total. The number of nitrogens with zero attached hydrogens (tertiary/aromatic N) is 3. The van der Waals surface area contributed by atoms with Gasteiger partial charge >= 0.3 is 0 Å². The van der Waals surface area contributed by atoms with Crippen LogP contribution in [0.2, 0.25) is 0 Å². The van der Waals surface area contributed by atoms with Gasteiger partial charge in [0.1, 0.15) is 15.7 Å². The molecule has 0 aliphatic rings. The number of nitrogens with one attached hydrogen (secondary N) is 2. The lowest BCUT2D eigenvalue weighted by Crippen LogP contribution is -2.04. The molecule has 104 valence electrons. The summed E-state index contributed by atoms with van der Waals surface area (Å²) in [5, 5.41) is 10.6. The van der Waals surface area contributed by atoms with Gasteiger partial charge in [0.15, 0.2) is 0 Å². The number of aromatic nitrogens is 3. The van der Waals surface area contributed by atoms with Crippen molar-refractivity contribution in [3.05, 3.63) is 27.0 Å². The molecular weight excluding hydrogens is 290 g/mol. The average molecular weight is 305 g/mol. The second kappa shape index (κ2) is 5.34. The molecule has 0 atom stereocenters. The van der Waals surface area contributed by atoms with Crippen molar-refractivity contribution < 1.29 is 0 Å². The van der Waals surface area contributed by atoms with E-state index >= 15 is 0 Å². The number of rotatable bonds is 4. The number of thiazole rings is 1. The number of aryl methyl sites for hydroxylation is 2. The predicted molar refractivity (Wildman–Crippen MR) is 85.9 cm³/mol. The molecule has 0 radical (unpaired) electrons. The quantitative estimate of drug-likeness (QED) is 0.773. The zero-order valence-electron chi connectivity index (χ0n) is 11.5. The maximum atomic E-state index is 4.50. The summed E-state index contributed by atoms with van der Waals surface area (Å²) in [7, 11) is 1.83. The van der Waals surface area contributed by atoms with Gasteiger partial charge in [-0.1, -0.05) is 0 Å². The molecule has 3 heterocycles. The van der Waals surface area contributed by atoms with E-state index in [2.05, 4.69) is 44.0 Å². The molecule has 3 aromatic heterocycles. The molecule has 0 amide bonds. The molecule has 0 fully saturated rings. The summed E-state index contributed by atoms with van der Waals surface area (Å²) in [6.07, 6.45) is 0. The number of hydrogen-bond donors (Lipinski definition) is 2. The highest BCUT2D eigenvalue weighted by molar-refractivity contribution is 7.18. The lowest BCUT2D eigenvalue weighted by Gasteiger charge is -2.07. The Hall–Kier alpha value is -1.73. The number of hydrogen-bond acceptors (Lipinski definition) is 7. The monoisotopic (exact) mass is 305 g/mol. The minimum atomic E-state index is 0.636. The minimum Gasteiger partial charge on any atom is -0.363 e. The van der Waals surface area contributed by atoms with E-state index < -0.39 is 0 Å². The third-order valence-corrected chi connectivity index (χ3v) is 4.72. The van der Waals surface area contributed by atoms with Crippen LogP contribution in [0.3, 0.4) is 0 Å². The van der Waals surface area contributed by atoms with Crippen LogP contribution in [-0.4, -0.2) is 22.0 Å². The van der Waals surface area contributed by atoms with Gasteiger partial charge in [0.2, 0.25) is 5.95 Å². The minimum absolute atomic E-state index is 0.636. The second-order valence-electron chi connectivity index (χ2n) is 4.46. The molecule has 20 heavy (non-hydrogen) atoms. The zero-order chi connectivity index (χ0) is 14.1. The first kappa shape index (κ1) is 13.3. The van der Waals surface area contributed by atoms with E-state index in [1.807, 2.05) is 14.0 Å². The van der Waals surface area contributed by atoms with Crippen molar-refractivity contribution in [2.75, 3.05) is 17.7 Å². The van der Waals surface area contributed by atoms with Gasteiger partial charge in [-0.3, -0.25) is 0 Å². The van der Waals surface area contributed by atoms with Gasteiger partial charge < -0.3 is 10.6 Å². The molecule has 7 heteroatoms. The Morgan fingerprint density at radius 3 is 2.75 bits per heavy atom. The van der Waals surface area contributed by atoms with E-state index in [-0.39, 0.29) is 0 Å². The summed E-state index contributed by atoms with van der Waals surface area (Å²) in [6, 6.07) is 2.12. The van der Waals surface area contributed by atoms with Crippen molar-refractivity contribution in [1.82, 2.24) is 15.0 Å². The van der Waals surface area contributed by atoms with Crippen LogP contribution >= 0.6 is 22.7 Å². The van der Waals surface area contributed by atoms with Gasteiger partial charge in [0.25, 0.3) is 0 Å². The number of anilines is 2. The van der Waals surface area contributed by atoms with E-state index in [1.54, 1.807) is 22.7 Å². The third-order valence-electron chi connectivity index (χ3n) is 2.81. The van der Waals surface area contributed by atoms with Crippen molar-refractivity contribution in [3.63, 3.8) is 0 Å². The van der Waals surface area contributed by atoms with Crippen LogP contribution in [0, 0.1) is 13.8 Å². The summed E-state index contributed by atoms with van der Waals surface area (Å²) >= 11 is 3.34. The lowest BCUT2D eigenvalue weighted by molar-refractivity contribution is 1.06. The first-order chi connectivity index (χ1) is 9.65.